The number of phosphoric ester groups is 1. The number of ether oxygens (including phenoxy) is 2. The van der Waals surface area contributed by atoms with E-state index in [1.54, 1.807) is 6.92 Å². The average molecular weight is 667 g/mol. The number of aliphatic hydroxyl groups excluding tert-OH is 5. The van der Waals surface area contributed by atoms with Crippen molar-refractivity contribution in [2.45, 2.75) is 146 Å². The first kappa shape index (κ1) is 41.4. The molecule has 6 N–H and O–H groups in total. The Bertz CT molecular complexity index is 911. The zero-order chi connectivity index (χ0) is 33.7. The number of unbranched alkanes of at least 4 members (excludes halogenated alkanes) is 8. The van der Waals surface area contributed by atoms with Gasteiger partial charge >= 0.3 is 19.8 Å². The average Bonchev–Trinajstić information content (AvgIpc) is 3.00. The van der Waals surface area contributed by atoms with Gasteiger partial charge in [-0.1, -0.05) is 70.3 Å². The number of esters is 2. The van der Waals surface area contributed by atoms with E-state index in [9.17, 15) is 44.6 Å². The third kappa shape index (κ3) is 17.7. The molecule has 1 saturated carbocycles. The van der Waals surface area contributed by atoms with E-state index in [-0.39, 0.29) is 12.8 Å². The fourth-order valence-electron chi connectivity index (χ4n) is 4.59. The first-order valence-electron chi connectivity index (χ1n) is 16.1. The van der Waals surface area contributed by atoms with Gasteiger partial charge in [0.2, 0.25) is 0 Å². The van der Waals surface area contributed by atoms with Crippen LogP contribution < -0.4 is 0 Å². The highest BCUT2D eigenvalue weighted by Crippen LogP contribution is 2.47. The number of carbonyl (C=O) groups is 2. The van der Waals surface area contributed by atoms with Gasteiger partial charge in [0, 0.05) is 12.8 Å². The Kier molecular flexibility index (Phi) is 21.7. The van der Waals surface area contributed by atoms with Crippen molar-refractivity contribution >= 4 is 19.8 Å². The highest BCUT2D eigenvalue weighted by Gasteiger charge is 2.51. The maximum absolute atomic E-state index is 12.5. The van der Waals surface area contributed by atoms with E-state index in [4.69, 9.17) is 18.5 Å². The molecule has 0 radical (unpaired) electrons. The van der Waals surface area contributed by atoms with Gasteiger partial charge in [-0.25, -0.2) is 4.57 Å². The zero-order valence-corrected chi connectivity index (χ0v) is 27.5. The summed E-state index contributed by atoms with van der Waals surface area (Å²) in [5.41, 5.74) is 0. The molecule has 0 bridgehead atoms. The van der Waals surface area contributed by atoms with Crippen LogP contribution in [0.15, 0.2) is 24.3 Å². The molecule has 1 rings (SSSR count). The summed E-state index contributed by atoms with van der Waals surface area (Å²) in [5, 5.41) is 49.4. The molecule has 0 aromatic rings. The van der Waals surface area contributed by atoms with E-state index < -0.39 is 75.7 Å². The van der Waals surface area contributed by atoms with Gasteiger partial charge in [-0.3, -0.25) is 18.6 Å². The number of hydrogen-bond donors (Lipinski definition) is 6. The smallest absolute Gasteiger partial charge is 0.462 e. The van der Waals surface area contributed by atoms with Crippen LogP contribution in [0.2, 0.25) is 0 Å². The standard InChI is InChI=1S/C31H55O13P/c1-3-5-6-7-8-9-10-11-12-13-14-15-16-17-18-20-25(33)43-23(21-41-24(32)19-4-2)22-42-45(39,40)44-31-29(37)27(35)26(34)28(36)30(31)38/h8-9,11-12,23,26-31,34-38H,3-7,10,13-22H2,1-2H3,(H,39,40)/b9-8-,12-11-. The van der Waals surface area contributed by atoms with Gasteiger partial charge in [0.25, 0.3) is 0 Å². The monoisotopic (exact) mass is 666 g/mol. The third-order valence-electron chi connectivity index (χ3n) is 7.27. The Morgan fingerprint density at radius 3 is 1.84 bits per heavy atom. The van der Waals surface area contributed by atoms with Crippen LogP contribution in [0.4, 0.5) is 0 Å². The fourth-order valence-corrected chi connectivity index (χ4v) is 5.56. The lowest BCUT2D eigenvalue weighted by Crippen LogP contribution is -2.64. The van der Waals surface area contributed by atoms with Crippen LogP contribution in [-0.4, -0.2) is 98.3 Å². The van der Waals surface area contributed by atoms with Crippen molar-refractivity contribution in [3.63, 3.8) is 0 Å². The summed E-state index contributed by atoms with van der Waals surface area (Å²) in [6.45, 7) is 2.77. The highest BCUT2D eigenvalue weighted by atomic mass is 31.2. The minimum Gasteiger partial charge on any atom is -0.462 e. The van der Waals surface area contributed by atoms with Gasteiger partial charge < -0.3 is 39.9 Å². The Hall–Kier alpha value is -1.67. The molecular formula is C31H55O13P. The maximum Gasteiger partial charge on any atom is 0.472 e. The molecule has 1 aliphatic rings. The summed E-state index contributed by atoms with van der Waals surface area (Å²) in [5.74, 6) is -1.18. The summed E-state index contributed by atoms with van der Waals surface area (Å²) >= 11 is 0. The molecule has 14 heteroatoms. The molecule has 45 heavy (non-hydrogen) atoms. The molecule has 6 atom stereocenters. The summed E-state index contributed by atoms with van der Waals surface area (Å²) < 4.78 is 32.6. The van der Waals surface area contributed by atoms with Crippen LogP contribution in [-0.2, 0) is 32.7 Å². The van der Waals surface area contributed by atoms with Gasteiger partial charge in [0.05, 0.1) is 6.61 Å². The Balaban J connectivity index is 2.45. The van der Waals surface area contributed by atoms with Crippen molar-refractivity contribution in [1.82, 2.24) is 0 Å². The molecule has 0 aromatic heterocycles. The van der Waals surface area contributed by atoms with Gasteiger partial charge in [-0.15, -0.1) is 0 Å². The third-order valence-corrected chi connectivity index (χ3v) is 8.25. The fraction of sp³-hybridized carbons (Fsp3) is 0.806. The van der Waals surface area contributed by atoms with Gasteiger partial charge in [-0.2, -0.15) is 0 Å². The summed E-state index contributed by atoms with van der Waals surface area (Å²) in [6, 6.07) is 0. The number of carbonyl (C=O) groups excluding carboxylic acids is 2. The highest BCUT2D eigenvalue weighted by molar-refractivity contribution is 7.47. The SMILES string of the molecule is CCCCC/C=C\C/C=C\CCCCCCCC(=O)OC(COC(=O)CCC)COP(=O)(O)OC1C(O)C(O)C(O)C(O)C1O. The van der Waals surface area contributed by atoms with E-state index in [1.165, 1.54) is 19.3 Å². The molecular weight excluding hydrogens is 611 g/mol. The van der Waals surface area contributed by atoms with Gasteiger partial charge in [0.15, 0.2) is 6.10 Å². The largest absolute Gasteiger partial charge is 0.472 e. The van der Waals surface area contributed by atoms with E-state index in [2.05, 4.69) is 31.2 Å². The van der Waals surface area contributed by atoms with E-state index in [1.807, 2.05) is 0 Å². The molecule has 6 unspecified atom stereocenters. The topological polar surface area (TPSA) is 210 Å². The zero-order valence-electron chi connectivity index (χ0n) is 26.7. The number of hydrogen-bond acceptors (Lipinski definition) is 12. The van der Waals surface area contributed by atoms with Crippen molar-refractivity contribution in [3.8, 4) is 0 Å². The van der Waals surface area contributed by atoms with Crippen LogP contribution in [0.1, 0.15) is 104 Å². The molecule has 0 heterocycles. The molecule has 1 aliphatic carbocycles. The predicted octanol–water partition coefficient (Wildman–Crippen LogP) is 3.38. The molecule has 0 saturated heterocycles. The quantitative estimate of drug-likeness (QED) is 0.0378. The molecule has 1 fully saturated rings. The summed E-state index contributed by atoms with van der Waals surface area (Å²) in [4.78, 5) is 34.4. The normalized spacial score (nSPS) is 25.8. The number of allylic oxidation sites excluding steroid dienone is 4. The molecule has 0 amide bonds. The first-order chi connectivity index (χ1) is 21.4. The molecule has 262 valence electrons. The minimum atomic E-state index is -5.08. The second-order valence-electron chi connectivity index (χ2n) is 11.3. The predicted molar refractivity (Wildman–Crippen MR) is 166 cm³/mol. The number of phosphoric acid groups is 1. The lowest BCUT2D eigenvalue weighted by molar-refractivity contribution is -0.220. The molecule has 13 nitrogen and oxygen atoms in total. The van der Waals surface area contributed by atoms with Crippen molar-refractivity contribution in [2.24, 2.45) is 0 Å². The van der Waals surface area contributed by atoms with Gasteiger partial charge in [-0.05, 0) is 44.9 Å². The van der Waals surface area contributed by atoms with E-state index in [0.29, 0.717) is 12.8 Å². The van der Waals surface area contributed by atoms with Crippen LogP contribution in [0, 0.1) is 0 Å². The first-order valence-corrected chi connectivity index (χ1v) is 17.6. The minimum absolute atomic E-state index is 0.0791. The van der Waals surface area contributed by atoms with Crippen LogP contribution in [0.3, 0.4) is 0 Å². The maximum atomic E-state index is 12.5. The second kappa shape index (κ2) is 23.6. The number of rotatable bonds is 24. The Morgan fingerprint density at radius 1 is 0.689 bits per heavy atom. The molecule has 0 aromatic carbocycles. The van der Waals surface area contributed by atoms with Crippen molar-refractivity contribution in [2.75, 3.05) is 13.2 Å². The summed E-state index contributed by atoms with van der Waals surface area (Å²) in [7, 11) is -5.08. The second-order valence-corrected chi connectivity index (χ2v) is 12.7. The van der Waals surface area contributed by atoms with E-state index >= 15 is 0 Å². The van der Waals surface area contributed by atoms with Crippen molar-refractivity contribution in [3.05, 3.63) is 24.3 Å². The molecule has 0 aliphatic heterocycles. The van der Waals surface area contributed by atoms with Crippen LogP contribution in [0.5, 0.6) is 0 Å². The molecule has 0 spiro atoms. The van der Waals surface area contributed by atoms with Crippen molar-refractivity contribution < 1.29 is 63.1 Å². The Morgan fingerprint density at radius 2 is 1.24 bits per heavy atom. The van der Waals surface area contributed by atoms with Crippen LogP contribution in [0.25, 0.3) is 0 Å². The van der Waals surface area contributed by atoms with E-state index in [0.717, 1.165) is 44.9 Å². The summed E-state index contributed by atoms with van der Waals surface area (Å²) in [6.07, 6.45) is 7.57. The van der Waals surface area contributed by atoms with Gasteiger partial charge in [0.1, 0.15) is 43.2 Å². The lowest BCUT2D eigenvalue weighted by Gasteiger charge is -2.41. The number of aliphatic hydroxyl groups is 5. The lowest BCUT2D eigenvalue weighted by atomic mass is 9.85. The van der Waals surface area contributed by atoms with Crippen LogP contribution >= 0.6 is 7.82 Å². The van der Waals surface area contributed by atoms with Crippen molar-refractivity contribution in [1.29, 1.82) is 0 Å². The Labute approximate surface area is 266 Å².